The van der Waals surface area contributed by atoms with E-state index in [0.29, 0.717) is 16.2 Å². The number of carbonyl (C=O) groups excluding carboxylic acids is 2. The molecule has 3 aromatic rings. The standard InChI is InChI=1S/C21H16BrF3N4O4/c1-26-19(30)18-11-15(8-9-29(18)32)33-14-5-2-12(3-6-14)27-20(31)28-13-4-7-17(22)16(10-13)21(23,24)25/h2-11H,1H3,(H,26,30)(H2,27,28,31). The number of rotatable bonds is 5. The topological polar surface area (TPSA) is 106 Å². The predicted octanol–water partition coefficient (Wildman–Crippen LogP) is 4.90. The number of benzene rings is 2. The van der Waals surface area contributed by atoms with E-state index in [1.165, 1.54) is 55.6 Å². The SMILES string of the molecule is CNC(=O)c1cc(Oc2ccc(NC(=O)Nc3ccc(Br)c(C(F)(F)F)c3)cc2)cc[n+]1[O-]. The second-order valence-electron chi connectivity index (χ2n) is 6.55. The molecule has 1 heterocycles. The van der Waals surface area contributed by atoms with Crippen LogP contribution in [0.15, 0.2) is 65.3 Å². The van der Waals surface area contributed by atoms with Crippen molar-refractivity contribution in [1.82, 2.24) is 5.32 Å². The molecule has 0 radical (unpaired) electrons. The van der Waals surface area contributed by atoms with Crippen LogP contribution in [0.2, 0.25) is 0 Å². The number of carbonyl (C=O) groups is 2. The number of hydrogen-bond acceptors (Lipinski definition) is 4. The molecule has 0 atom stereocenters. The molecule has 0 fully saturated rings. The number of ether oxygens (including phenoxy) is 1. The Morgan fingerprint density at radius 2 is 1.61 bits per heavy atom. The highest BCUT2D eigenvalue weighted by Gasteiger charge is 2.33. The van der Waals surface area contributed by atoms with Gasteiger partial charge in [-0.3, -0.25) is 4.79 Å². The van der Waals surface area contributed by atoms with Crippen LogP contribution in [-0.4, -0.2) is 19.0 Å². The van der Waals surface area contributed by atoms with E-state index in [9.17, 15) is 28.0 Å². The van der Waals surface area contributed by atoms with Crippen LogP contribution in [0, 0.1) is 5.21 Å². The first-order valence-corrected chi connectivity index (χ1v) is 10.0. The van der Waals surface area contributed by atoms with Gasteiger partial charge in [-0.1, -0.05) is 15.9 Å². The van der Waals surface area contributed by atoms with E-state index >= 15 is 0 Å². The highest BCUT2D eigenvalue weighted by molar-refractivity contribution is 9.10. The van der Waals surface area contributed by atoms with E-state index < -0.39 is 23.7 Å². The van der Waals surface area contributed by atoms with Crippen molar-refractivity contribution in [3.63, 3.8) is 0 Å². The van der Waals surface area contributed by atoms with Crippen molar-refractivity contribution in [3.8, 4) is 11.5 Å². The Bertz CT molecular complexity index is 1190. The quantitative estimate of drug-likeness (QED) is 0.326. The highest BCUT2D eigenvalue weighted by Crippen LogP contribution is 2.36. The number of urea groups is 1. The maximum Gasteiger partial charge on any atom is 0.417 e. The zero-order valence-corrected chi connectivity index (χ0v) is 18.5. The summed E-state index contributed by atoms with van der Waals surface area (Å²) < 4.78 is 44.9. The Balaban J connectivity index is 1.64. The van der Waals surface area contributed by atoms with Crippen LogP contribution in [0.5, 0.6) is 11.5 Å². The molecule has 0 aliphatic carbocycles. The Labute approximate surface area is 194 Å². The molecule has 0 unspecified atom stereocenters. The largest absolute Gasteiger partial charge is 0.618 e. The lowest BCUT2D eigenvalue weighted by molar-refractivity contribution is -0.607. The second kappa shape index (κ2) is 9.77. The number of alkyl halides is 3. The molecule has 0 aliphatic rings. The molecule has 8 nitrogen and oxygen atoms in total. The van der Waals surface area contributed by atoms with Gasteiger partial charge in [-0.25, -0.2) is 4.79 Å². The molecule has 12 heteroatoms. The molecule has 3 amide bonds. The first-order chi connectivity index (χ1) is 15.6. The minimum Gasteiger partial charge on any atom is -0.618 e. The van der Waals surface area contributed by atoms with E-state index in [4.69, 9.17) is 4.74 Å². The van der Waals surface area contributed by atoms with Crippen LogP contribution in [0.25, 0.3) is 0 Å². The molecule has 33 heavy (non-hydrogen) atoms. The molecular formula is C21H16BrF3N4O4. The lowest BCUT2D eigenvalue weighted by Crippen LogP contribution is -2.37. The Morgan fingerprint density at radius 3 is 2.24 bits per heavy atom. The van der Waals surface area contributed by atoms with Crippen molar-refractivity contribution < 1.29 is 32.2 Å². The molecule has 0 saturated carbocycles. The third kappa shape index (κ3) is 6.13. The molecule has 3 N–H and O–H groups in total. The zero-order valence-electron chi connectivity index (χ0n) is 16.9. The monoisotopic (exact) mass is 524 g/mol. The van der Waals surface area contributed by atoms with Gasteiger partial charge in [-0.2, -0.15) is 17.9 Å². The summed E-state index contributed by atoms with van der Waals surface area (Å²) in [6.45, 7) is 0. The smallest absolute Gasteiger partial charge is 0.417 e. The van der Waals surface area contributed by atoms with E-state index in [1.54, 1.807) is 0 Å². The van der Waals surface area contributed by atoms with Crippen molar-refractivity contribution >= 4 is 39.2 Å². The van der Waals surface area contributed by atoms with Gasteiger partial charge in [-0.05, 0) is 42.5 Å². The van der Waals surface area contributed by atoms with Gasteiger partial charge in [0.15, 0.2) is 6.20 Å². The van der Waals surface area contributed by atoms with Crippen LogP contribution in [0.1, 0.15) is 16.1 Å². The van der Waals surface area contributed by atoms with Crippen LogP contribution in [-0.2, 0) is 6.18 Å². The third-order valence-electron chi connectivity index (χ3n) is 4.23. The van der Waals surface area contributed by atoms with Gasteiger partial charge in [-0.15, -0.1) is 0 Å². The molecule has 0 spiro atoms. The highest BCUT2D eigenvalue weighted by atomic mass is 79.9. The minimum absolute atomic E-state index is 0.0328. The van der Waals surface area contributed by atoms with Crippen molar-refractivity contribution in [1.29, 1.82) is 0 Å². The van der Waals surface area contributed by atoms with Gasteiger partial charge in [0, 0.05) is 29.0 Å². The van der Waals surface area contributed by atoms with Crippen LogP contribution in [0.4, 0.5) is 29.3 Å². The number of anilines is 2. The number of nitrogens with one attached hydrogen (secondary N) is 3. The Kier molecular flexibility index (Phi) is 7.07. The van der Waals surface area contributed by atoms with E-state index in [1.807, 2.05) is 0 Å². The molecular weight excluding hydrogens is 509 g/mol. The van der Waals surface area contributed by atoms with Gasteiger partial charge in [0.05, 0.1) is 11.6 Å². The van der Waals surface area contributed by atoms with E-state index in [2.05, 4.69) is 31.9 Å². The molecule has 172 valence electrons. The number of amides is 3. The summed E-state index contributed by atoms with van der Waals surface area (Å²) in [6, 6.07) is 11.3. The Hall–Kier alpha value is -3.80. The van der Waals surface area contributed by atoms with Gasteiger partial charge in [0.1, 0.15) is 11.5 Å². The maximum atomic E-state index is 13.0. The summed E-state index contributed by atoms with van der Waals surface area (Å²) in [6.07, 6.45) is -3.44. The normalized spacial score (nSPS) is 10.9. The summed E-state index contributed by atoms with van der Waals surface area (Å²) >= 11 is 2.84. The van der Waals surface area contributed by atoms with Crippen LogP contribution < -0.4 is 25.4 Å². The molecule has 0 bridgehead atoms. The number of nitrogens with zero attached hydrogens (tertiary/aromatic N) is 1. The first-order valence-electron chi connectivity index (χ1n) is 9.25. The molecule has 2 aromatic carbocycles. The summed E-state index contributed by atoms with van der Waals surface area (Å²) in [5, 5.41) is 18.9. The fraction of sp³-hybridized carbons (Fsp3) is 0.0952. The lowest BCUT2D eigenvalue weighted by Gasteiger charge is -2.13. The first kappa shape index (κ1) is 23.9. The summed E-state index contributed by atoms with van der Waals surface area (Å²) in [7, 11) is 1.39. The third-order valence-corrected chi connectivity index (χ3v) is 4.92. The average Bonchev–Trinajstić information content (AvgIpc) is 2.76. The van der Waals surface area contributed by atoms with E-state index in [0.717, 1.165) is 12.3 Å². The summed E-state index contributed by atoms with van der Waals surface area (Å²) in [5.74, 6) is 0.0270. The minimum atomic E-state index is -4.57. The fourth-order valence-corrected chi connectivity index (χ4v) is 3.15. The van der Waals surface area contributed by atoms with Gasteiger partial charge < -0.3 is 25.9 Å². The fourth-order valence-electron chi connectivity index (χ4n) is 2.68. The van der Waals surface area contributed by atoms with Gasteiger partial charge >= 0.3 is 18.1 Å². The Morgan fingerprint density at radius 1 is 0.970 bits per heavy atom. The van der Waals surface area contributed by atoms with Crippen molar-refractivity contribution in [2.24, 2.45) is 0 Å². The van der Waals surface area contributed by atoms with Crippen molar-refractivity contribution in [2.45, 2.75) is 6.18 Å². The van der Waals surface area contributed by atoms with E-state index in [-0.39, 0.29) is 21.6 Å². The summed E-state index contributed by atoms with van der Waals surface area (Å²) in [4.78, 5) is 23.9. The second-order valence-corrected chi connectivity index (χ2v) is 7.40. The maximum absolute atomic E-state index is 13.0. The van der Waals surface area contributed by atoms with Crippen molar-refractivity contribution in [3.05, 3.63) is 81.7 Å². The predicted molar refractivity (Wildman–Crippen MR) is 117 cm³/mol. The number of halogens is 4. The molecule has 3 rings (SSSR count). The molecule has 0 aliphatic heterocycles. The molecule has 1 aromatic heterocycles. The lowest BCUT2D eigenvalue weighted by atomic mass is 10.2. The van der Waals surface area contributed by atoms with Gasteiger partial charge in [0.2, 0.25) is 0 Å². The van der Waals surface area contributed by atoms with Crippen LogP contribution in [0.3, 0.4) is 0 Å². The molecule has 0 saturated heterocycles. The zero-order chi connectivity index (χ0) is 24.2. The van der Waals surface area contributed by atoms with Crippen LogP contribution >= 0.6 is 15.9 Å². The number of aromatic nitrogens is 1. The number of pyridine rings is 1. The van der Waals surface area contributed by atoms with Crippen molar-refractivity contribution in [2.75, 3.05) is 17.7 Å². The average molecular weight is 525 g/mol. The summed E-state index contributed by atoms with van der Waals surface area (Å²) in [5.41, 5.74) is -0.740. The number of hydrogen-bond donors (Lipinski definition) is 3. The van der Waals surface area contributed by atoms with Gasteiger partial charge in [0.25, 0.3) is 5.69 Å².